The van der Waals surface area contributed by atoms with Crippen LogP contribution in [0.2, 0.25) is 0 Å². The Morgan fingerprint density at radius 2 is 1.85 bits per heavy atom. The first-order chi connectivity index (χ1) is 9.88. The van der Waals surface area contributed by atoms with Crippen LogP contribution in [0.5, 0.6) is 0 Å². The van der Waals surface area contributed by atoms with Crippen LogP contribution >= 0.6 is 0 Å². The zero-order chi connectivity index (χ0) is 14.5. The SMILES string of the molecule is CCCCCCCC/C=C/CCC1=NCCN1CCO. The van der Waals surface area contributed by atoms with E-state index in [1.165, 1.54) is 50.8 Å². The van der Waals surface area contributed by atoms with Crippen molar-refractivity contribution in [1.29, 1.82) is 0 Å². The van der Waals surface area contributed by atoms with E-state index in [1.54, 1.807) is 0 Å². The molecule has 0 saturated heterocycles. The zero-order valence-corrected chi connectivity index (χ0v) is 13.2. The minimum atomic E-state index is 0.229. The summed E-state index contributed by atoms with van der Waals surface area (Å²) in [7, 11) is 0. The highest BCUT2D eigenvalue weighted by atomic mass is 16.3. The molecule has 1 aliphatic rings. The number of amidine groups is 1. The Labute approximate surface area is 124 Å². The molecule has 0 saturated carbocycles. The first-order valence-electron chi connectivity index (χ1n) is 8.42. The predicted octanol–water partition coefficient (Wildman–Crippen LogP) is 3.78. The van der Waals surface area contributed by atoms with Crippen molar-refractivity contribution in [3.05, 3.63) is 12.2 Å². The van der Waals surface area contributed by atoms with Gasteiger partial charge in [-0.15, -0.1) is 0 Å². The Balaban J connectivity index is 1.96. The van der Waals surface area contributed by atoms with E-state index in [0.29, 0.717) is 0 Å². The normalized spacial score (nSPS) is 15.3. The molecule has 0 aromatic carbocycles. The molecular formula is C17H32N2O. The average molecular weight is 280 g/mol. The highest BCUT2D eigenvalue weighted by Crippen LogP contribution is 2.09. The van der Waals surface area contributed by atoms with Crippen molar-refractivity contribution in [2.75, 3.05) is 26.2 Å². The van der Waals surface area contributed by atoms with Crippen molar-refractivity contribution in [3.63, 3.8) is 0 Å². The summed E-state index contributed by atoms with van der Waals surface area (Å²) in [6.07, 6.45) is 16.2. The first kappa shape index (κ1) is 17.2. The van der Waals surface area contributed by atoms with Gasteiger partial charge in [0.1, 0.15) is 0 Å². The summed E-state index contributed by atoms with van der Waals surface area (Å²) < 4.78 is 0. The molecule has 1 N–H and O–H groups in total. The highest BCUT2D eigenvalue weighted by Gasteiger charge is 2.14. The zero-order valence-electron chi connectivity index (χ0n) is 13.2. The lowest BCUT2D eigenvalue weighted by molar-refractivity contribution is 0.255. The second-order valence-electron chi connectivity index (χ2n) is 5.58. The average Bonchev–Trinajstić information content (AvgIpc) is 2.89. The molecule has 116 valence electrons. The van der Waals surface area contributed by atoms with E-state index in [1.807, 2.05) is 0 Å². The van der Waals surface area contributed by atoms with Gasteiger partial charge >= 0.3 is 0 Å². The van der Waals surface area contributed by atoms with Crippen LogP contribution in [0.1, 0.15) is 64.7 Å². The number of aliphatic imine (C=N–C) groups is 1. The number of hydrogen-bond donors (Lipinski definition) is 1. The number of aliphatic hydroxyl groups is 1. The van der Waals surface area contributed by atoms with Crippen LogP contribution in [0.15, 0.2) is 17.1 Å². The van der Waals surface area contributed by atoms with Crippen LogP contribution in [-0.4, -0.2) is 42.1 Å². The molecular weight excluding hydrogens is 248 g/mol. The standard InChI is InChI=1S/C17H32N2O/c1-2-3-4-5-6-7-8-9-10-11-12-17-18-13-14-19(17)15-16-20/h9-10,20H,2-8,11-16H2,1H3/b10-9+. The first-order valence-corrected chi connectivity index (χ1v) is 8.42. The molecule has 20 heavy (non-hydrogen) atoms. The number of allylic oxidation sites excluding steroid dienone is 2. The third-order valence-corrected chi connectivity index (χ3v) is 3.82. The summed E-state index contributed by atoms with van der Waals surface area (Å²) >= 11 is 0. The molecule has 0 aliphatic carbocycles. The lowest BCUT2D eigenvalue weighted by atomic mass is 10.1. The van der Waals surface area contributed by atoms with Gasteiger partial charge in [0.2, 0.25) is 0 Å². The highest BCUT2D eigenvalue weighted by molar-refractivity contribution is 5.83. The smallest absolute Gasteiger partial charge is 0.0994 e. The number of rotatable bonds is 12. The molecule has 3 nitrogen and oxygen atoms in total. The van der Waals surface area contributed by atoms with Crippen LogP contribution in [-0.2, 0) is 0 Å². The molecule has 1 heterocycles. The molecule has 1 rings (SSSR count). The fourth-order valence-corrected chi connectivity index (χ4v) is 2.62. The minimum Gasteiger partial charge on any atom is -0.395 e. The number of β-amino-alcohol motifs (C(OH)–C–C–N with tert-alkyl or cyclic N) is 1. The topological polar surface area (TPSA) is 35.8 Å². The summed E-state index contributed by atoms with van der Waals surface area (Å²) in [6.45, 7) is 5.11. The minimum absolute atomic E-state index is 0.229. The predicted molar refractivity (Wildman–Crippen MR) is 87.3 cm³/mol. The maximum absolute atomic E-state index is 8.98. The fraction of sp³-hybridized carbons (Fsp3) is 0.824. The van der Waals surface area contributed by atoms with Gasteiger partial charge in [-0.1, -0.05) is 51.2 Å². The molecule has 0 amide bonds. The Morgan fingerprint density at radius 1 is 1.10 bits per heavy atom. The van der Waals surface area contributed by atoms with E-state index in [4.69, 9.17) is 5.11 Å². The second kappa shape index (κ2) is 12.0. The largest absolute Gasteiger partial charge is 0.395 e. The van der Waals surface area contributed by atoms with Gasteiger partial charge < -0.3 is 10.0 Å². The Morgan fingerprint density at radius 3 is 2.65 bits per heavy atom. The molecule has 0 aromatic rings. The number of unbranched alkanes of at least 4 members (excludes halogenated alkanes) is 6. The van der Waals surface area contributed by atoms with E-state index in [0.717, 1.165) is 32.5 Å². The molecule has 0 unspecified atom stereocenters. The molecule has 1 aliphatic heterocycles. The molecule has 0 atom stereocenters. The second-order valence-corrected chi connectivity index (χ2v) is 5.58. The maximum atomic E-state index is 8.98. The van der Waals surface area contributed by atoms with E-state index >= 15 is 0 Å². The van der Waals surface area contributed by atoms with Gasteiger partial charge in [0.25, 0.3) is 0 Å². The third-order valence-electron chi connectivity index (χ3n) is 3.82. The van der Waals surface area contributed by atoms with Crippen molar-refractivity contribution < 1.29 is 5.11 Å². The number of nitrogens with zero attached hydrogens (tertiary/aromatic N) is 2. The monoisotopic (exact) mass is 280 g/mol. The van der Waals surface area contributed by atoms with Crippen molar-refractivity contribution in [2.45, 2.75) is 64.7 Å². The van der Waals surface area contributed by atoms with Gasteiger partial charge in [0, 0.05) is 19.5 Å². The Hall–Kier alpha value is -0.830. The van der Waals surface area contributed by atoms with Gasteiger partial charge in [0.05, 0.1) is 19.0 Å². The summed E-state index contributed by atoms with van der Waals surface area (Å²) in [5.41, 5.74) is 0. The van der Waals surface area contributed by atoms with Crippen molar-refractivity contribution in [2.24, 2.45) is 4.99 Å². The summed E-state index contributed by atoms with van der Waals surface area (Å²) in [6, 6.07) is 0. The van der Waals surface area contributed by atoms with Crippen LogP contribution < -0.4 is 0 Å². The third kappa shape index (κ3) is 7.68. The van der Waals surface area contributed by atoms with Crippen LogP contribution in [0.3, 0.4) is 0 Å². The molecule has 0 aromatic heterocycles. The Kier molecular flexibility index (Phi) is 10.3. The van der Waals surface area contributed by atoms with Gasteiger partial charge in [-0.2, -0.15) is 0 Å². The van der Waals surface area contributed by atoms with E-state index in [2.05, 4.69) is 29.0 Å². The Bertz CT molecular complexity index is 287. The van der Waals surface area contributed by atoms with Crippen LogP contribution in [0.4, 0.5) is 0 Å². The lowest BCUT2D eigenvalue weighted by Crippen LogP contribution is -2.30. The van der Waals surface area contributed by atoms with Crippen LogP contribution in [0.25, 0.3) is 0 Å². The summed E-state index contributed by atoms with van der Waals surface area (Å²) in [4.78, 5) is 6.72. The van der Waals surface area contributed by atoms with Gasteiger partial charge in [-0.05, 0) is 19.3 Å². The van der Waals surface area contributed by atoms with Crippen molar-refractivity contribution in [3.8, 4) is 0 Å². The molecule has 0 radical (unpaired) electrons. The molecule has 0 fully saturated rings. The van der Waals surface area contributed by atoms with Gasteiger partial charge in [-0.3, -0.25) is 4.99 Å². The molecule has 0 bridgehead atoms. The summed E-state index contributed by atoms with van der Waals surface area (Å²) in [5, 5.41) is 8.98. The number of hydrogen-bond acceptors (Lipinski definition) is 3. The summed E-state index contributed by atoms with van der Waals surface area (Å²) in [5.74, 6) is 1.18. The van der Waals surface area contributed by atoms with Gasteiger partial charge in [0.15, 0.2) is 0 Å². The fourth-order valence-electron chi connectivity index (χ4n) is 2.62. The number of aliphatic hydroxyl groups excluding tert-OH is 1. The quantitative estimate of drug-likeness (QED) is 0.436. The maximum Gasteiger partial charge on any atom is 0.0994 e. The van der Waals surface area contributed by atoms with Crippen molar-refractivity contribution in [1.82, 2.24) is 4.90 Å². The molecule has 0 spiro atoms. The van der Waals surface area contributed by atoms with E-state index in [9.17, 15) is 0 Å². The van der Waals surface area contributed by atoms with Gasteiger partial charge in [-0.25, -0.2) is 0 Å². The molecule has 3 heteroatoms. The van der Waals surface area contributed by atoms with Crippen LogP contribution in [0, 0.1) is 0 Å². The van der Waals surface area contributed by atoms with E-state index in [-0.39, 0.29) is 6.61 Å². The van der Waals surface area contributed by atoms with E-state index < -0.39 is 0 Å². The van der Waals surface area contributed by atoms with Crippen molar-refractivity contribution >= 4 is 5.84 Å². The lowest BCUT2D eigenvalue weighted by Gasteiger charge is -2.18.